The Hall–Kier alpha value is -1.10. The molecular formula is C14H25N3O2. The van der Waals surface area contributed by atoms with Crippen molar-refractivity contribution in [1.82, 2.24) is 9.80 Å². The van der Waals surface area contributed by atoms with Gasteiger partial charge in [-0.2, -0.15) is 0 Å². The van der Waals surface area contributed by atoms with Crippen LogP contribution in [0.3, 0.4) is 0 Å². The van der Waals surface area contributed by atoms with Gasteiger partial charge in [-0.25, -0.2) is 0 Å². The largest absolute Gasteiger partial charge is 0.339 e. The lowest BCUT2D eigenvalue weighted by molar-refractivity contribution is -0.141. The fourth-order valence-electron chi connectivity index (χ4n) is 2.44. The van der Waals surface area contributed by atoms with Crippen LogP contribution in [-0.4, -0.2) is 53.8 Å². The number of hydrogen-bond acceptors (Lipinski definition) is 3. The Bertz CT molecular complexity index is 347. The zero-order chi connectivity index (χ0) is 14.0. The summed E-state index contributed by atoms with van der Waals surface area (Å²) in [6, 6.07) is -0.407. The van der Waals surface area contributed by atoms with Crippen molar-refractivity contribution in [2.45, 2.75) is 39.2 Å². The third kappa shape index (κ3) is 3.26. The molecule has 2 fully saturated rings. The average molecular weight is 267 g/mol. The number of nitrogens with zero attached hydrogens (tertiary/aromatic N) is 2. The van der Waals surface area contributed by atoms with E-state index >= 15 is 0 Å². The van der Waals surface area contributed by atoms with Gasteiger partial charge in [-0.15, -0.1) is 0 Å². The molecule has 0 aromatic rings. The summed E-state index contributed by atoms with van der Waals surface area (Å²) in [5.74, 6) is 0.787. The van der Waals surface area contributed by atoms with Gasteiger partial charge in [-0.3, -0.25) is 9.59 Å². The van der Waals surface area contributed by atoms with Crippen LogP contribution in [0.5, 0.6) is 0 Å². The summed E-state index contributed by atoms with van der Waals surface area (Å²) in [6.07, 6.45) is 2.99. The summed E-state index contributed by atoms with van der Waals surface area (Å²) in [5.41, 5.74) is 5.98. The van der Waals surface area contributed by atoms with Crippen LogP contribution in [0.1, 0.15) is 33.1 Å². The second-order valence-corrected chi connectivity index (χ2v) is 5.84. The molecule has 0 bridgehead atoms. The Morgan fingerprint density at radius 1 is 1.16 bits per heavy atom. The van der Waals surface area contributed by atoms with Gasteiger partial charge in [-0.1, -0.05) is 20.3 Å². The number of nitrogens with two attached hydrogens (primary N) is 1. The standard InChI is InChI=1S/C14H25N3O2/c1-3-10(2)12(15)14(19)17-8-6-16(7-9-17)13(18)11-4-5-11/h10-12H,3-9,15H2,1-2H3/t10?,12-/m0/s1. The third-order valence-corrected chi connectivity index (χ3v) is 4.37. The van der Waals surface area contributed by atoms with E-state index in [-0.39, 0.29) is 23.7 Å². The van der Waals surface area contributed by atoms with Gasteiger partial charge in [0.15, 0.2) is 0 Å². The fourth-order valence-corrected chi connectivity index (χ4v) is 2.44. The van der Waals surface area contributed by atoms with Crippen LogP contribution < -0.4 is 5.73 Å². The second kappa shape index (κ2) is 5.90. The lowest BCUT2D eigenvalue weighted by atomic mass is 9.98. The summed E-state index contributed by atoms with van der Waals surface area (Å²) in [4.78, 5) is 27.9. The molecule has 2 amide bonds. The van der Waals surface area contributed by atoms with Gasteiger partial charge in [0.05, 0.1) is 6.04 Å². The molecule has 0 aromatic heterocycles. The molecule has 2 rings (SSSR count). The van der Waals surface area contributed by atoms with Crippen molar-refractivity contribution < 1.29 is 9.59 Å². The smallest absolute Gasteiger partial charge is 0.239 e. The Balaban J connectivity index is 1.82. The van der Waals surface area contributed by atoms with Crippen LogP contribution in [-0.2, 0) is 9.59 Å². The monoisotopic (exact) mass is 267 g/mol. The van der Waals surface area contributed by atoms with Gasteiger partial charge in [0.25, 0.3) is 0 Å². The molecule has 108 valence electrons. The normalized spacial score (nSPS) is 23.1. The van der Waals surface area contributed by atoms with Gasteiger partial charge >= 0.3 is 0 Å². The molecule has 2 N–H and O–H groups in total. The first-order valence-electron chi connectivity index (χ1n) is 7.37. The van der Waals surface area contributed by atoms with Crippen molar-refractivity contribution in [2.75, 3.05) is 26.2 Å². The number of carbonyl (C=O) groups excluding carboxylic acids is 2. The number of piperazine rings is 1. The minimum atomic E-state index is -0.407. The van der Waals surface area contributed by atoms with Crippen molar-refractivity contribution in [2.24, 2.45) is 17.6 Å². The van der Waals surface area contributed by atoms with Gasteiger partial charge in [0.2, 0.25) is 11.8 Å². The number of rotatable bonds is 4. The van der Waals surface area contributed by atoms with E-state index in [1.165, 1.54) is 0 Å². The summed E-state index contributed by atoms with van der Waals surface area (Å²) < 4.78 is 0. The summed E-state index contributed by atoms with van der Waals surface area (Å²) in [7, 11) is 0. The molecular weight excluding hydrogens is 242 g/mol. The molecule has 1 unspecified atom stereocenters. The predicted molar refractivity (Wildman–Crippen MR) is 73.3 cm³/mol. The first kappa shape index (κ1) is 14.3. The fraction of sp³-hybridized carbons (Fsp3) is 0.857. The summed E-state index contributed by atoms with van der Waals surface area (Å²) in [6.45, 7) is 6.63. The molecule has 1 aliphatic heterocycles. The first-order valence-corrected chi connectivity index (χ1v) is 7.37. The maximum absolute atomic E-state index is 12.2. The first-order chi connectivity index (χ1) is 9.04. The minimum Gasteiger partial charge on any atom is -0.339 e. The molecule has 1 heterocycles. The quantitative estimate of drug-likeness (QED) is 0.804. The van der Waals surface area contributed by atoms with Crippen LogP contribution >= 0.6 is 0 Å². The maximum Gasteiger partial charge on any atom is 0.239 e. The van der Waals surface area contributed by atoms with E-state index in [0.717, 1.165) is 19.3 Å². The topological polar surface area (TPSA) is 66.6 Å². The highest BCUT2D eigenvalue weighted by molar-refractivity contribution is 5.83. The van der Waals surface area contributed by atoms with E-state index in [1.807, 2.05) is 23.6 Å². The zero-order valence-corrected chi connectivity index (χ0v) is 12.0. The van der Waals surface area contributed by atoms with E-state index in [9.17, 15) is 9.59 Å². The lowest BCUT2D eigenvalue weighted by Gasteiger charge is -2.36. The number of hydrogen-bond donors (Lipinski definition) is 1. The average Bonchev–Trinajstić information content (AvgIpc) is 3.28. The van der Waals surface area contributed by atoms with Crippen molar-refractivity contribution in [3.8, 4) is 0 Å². The molecule has 1 saturated carbocycles. The van der Waals surface area contributed by atoms with Gasteiger partial charge < -0.3 is 15.5 Å². The lowest BCUT2D eigenvalue weighted by Crippen LogP contribution is -2.55. The molecule has 0 radical (unpaired) electrons. The van der Waals surface area contributed by atoms with E-state index in [0.29, 0.717) is 26.2 Å². The highest BCUT2D eigenvalue weighted by Crippen LogP contribution is 2.31. The number of amides is 2. The Labute approximate surface area is 115 Å². The van der Waals surface area contributed by atoms with Gasteiger partial charge in [0, 0.05) is 32.1 Å². The molecule has 19 heavy (non-hydrogen) atoms. The van der Waals surface area contributed by atoms with Crippen LogP contribution in [0, 0.1) is 11.8 Å². The maximum atomic E-state index is 12.2. The van der Waals surface area contributed by atoms with E-state index in [2.05, 4.69) is 0 Å². The molecule has 1 saturated heterocycles. The minimum absolute atomic E-state index is 0.0351. The van der Waals surface area contributed by atoms with Crippen LogP contribution in [0.15, 0.2) is 0 Å². The third-order valence-electron chi connectivity index (χ3n) is 4.37. The highest BCUT2D eigenvalue weighted by Gasteiger charge is 2.35. The molecule has 0 aromatic carbocycles. The SMILES string of the molecule is CCC(C)[C@H](N)C(=O)N1CCN(C(=O)C2CC2)CC1. The Morgan fingerprint density at radius 2 is 1.68 bits per heavy atom. The molecule has 5 nitrogen and oxygen atoms in total. The Kier molecular flexibility index (Phi) is 4.45. The van der Waals surface area contributed by atoms with Crippen LogP contribution in [0.2, 0.25) is 0 Å². The summed E-state index contributed by atoms with van der Waals surface area (Å²) in [5, 5.41) is 0. The van der Waals surface area contributed by atoms with Crippen molar-refractivity contribution in [3.05, 3.63) is 0 Å². The summed E-state index contributed by atoms with van der Waals surface area (Å²) >= 11 is 0. The Morgan fingerprint density at radius 3 is 2.16 bits per heavy atom. The van der Waals surface area contributed by atoms with E-state index in [4.69, 9.17) is 5.73 Å². The van der Waals surface area contributed by atoms with Crippen molar-refractivity contribution in [3.63, 3.8) is 0 Å². The van der Waals surface area contributed by atoms with Crippen molar-refractivity contribution >= 4 is 11.8 Å². The van der Waals surface area contributed by atoms with Crippen LogP contribution in [0.25, 0.3) is 0 Å². The highest BCUT2D eigenvalue weighted by atomic mass is 16.2. The molecule has 2 aliphatic rings. The van der Waals surface area contributed by atoms with E-state index in [1.54, 1.807) is 0 Å². The van der Waals surface area contributed by atoms with Gasteiger partial charge in [0.1, 0.15) is 0 Å². The predicted octanol–water partition coefficient (Wildman–Crippen LogP) is 0.441. The molecule has 5 heteroatoms. The second-order valence-electron chi connectivity index (χ2n) is 5.84. The molecule has 0 spiro atoms. The van der Waals surface area contributed by atoms with E-state index < -0.39 is 6.04 Å². The molecule has 2 atom stereocenters. The number of carbonyl (C=O) groups is 2. The molecule has 1 aliphatic carbocycles. The van der Waals surface area contributed by atoms with Crippen molar-refractivity contribution in [1.29, 1.82) is 0 Å². The zero-order valence-electron chi connectivity index (χ0n) is 12.0. The van der Waals surface area contributed by atoms with Crippen LogP contribution in [0.4, 0.5) is 0 Å². The van der Waals surface area contributed by atoms with Gasteiger partial charge in [-0.05, 0) is 18.8 Å².